The van der Waals surface area contributed by atoms with Gasteiger partial charge in [-0.3, -0.25) is 0 Å². The molecule has 0 heterocycles. The first kappa shape index (κ1) is 9.17. The average molecular weight is 226 g/mol. The number of rotatable bonds is 0. The molecule has 0 N–H and O–H groups in total. The molecule has 0 aliphatic carbocycles. The van der Waals surface area contributed by atoms with Crippen LogP contribution >= 0.6 is 0 Å². The minimum atomic E-state index is 0. The molecule has 0 aromatic rings. The van der Waals surface area contributed by atoms with Crippen LogP contribution in [0.3, 0.4) is 0 Å². The summed E-state index contributed by atoms with van der Waals surface area (Å²) in [5, 5.41) is 0. The van der Waals surface area contributed by atoms with Crippen LogP contribution in [0.25, 0.3) is 0 Å². The molecule has 4 heavy (non-hydrogen) atoms. The van der Waals surface area contributed by atoms with Crippen molar-refractivity contribution in [2.75, 3.05) is 0 Å². The second-order valence-corrected chi connectivity index (χ2v) is 0.266. The van der Waals surface area contributed by atoms with E-state index in [2.05, 4.69) is 15.0 Å². The van der Waals surface area contributed by atoms with Gasteiger partial charge in [-0.2, -0.15) is 0 Å². The van der Waals surface area contributed by atoms with Crippen molar-refractivity contribution in [3.63, 3.8) is 0 Å². The molecule has 0 aliphatic heterocycles. The van der Waals surface area contributed by atoms with Crippen molar-refractivity contribution < 1.29 is 19.8 Å². The summed E-state index contributed by atoms with van der Waals surface area (Å²) in [4.78, 5) is 9.64. The third-order valence-electron chi connectivity index (χ3n) is 0. The predicted molar refractivity (Wildman–Crippen MR) is 14.2 cm³/mol. The fourth-order valence-corrected chi connectivity index (χ4v) is 0. The van der Waals surface area contributed by atoms with Gasteiger partial charge < -0.3 is 0 Å². The van der Waals surface area contributed by atoms with Crippen molar-refractivity contribution in [3.8, 4) is 0 Å². The summed E-state index contributed by atoms with van der Waals surface area (Å²) >= 11 is 3.36. The zero-order valence-corrected chi connectivity index (χ0v) is 2.21. The molecule has 0 atom stereocenters. The van der Waals surface area contributed by atoms with Gasteiger partial charge in [0.25, 0.3) is 0 Å². The SMILES string of the molecule is O=[C]=[Ni].[BaH2]. The summed E-state index contributed by atoms with van der Waals surface area (Å²) in [6.07, 6.45) is 0. The van der Waals surface area contributed by atoms with Crippen molar-refractivity contribution in [2.24, 2.45) is 0 Å². The predicted octanol–water partition coefficient (Wildman–Crippen LogP) is -1.32. The molecule has 0 rings (SSSR count). The second kappa shape index (κ2) is 8.82. The maximum absolute atomic E-state index is 8.51. The molecule has 0 fully saturated rings. The molecule has 0 saturated heterocycles. The molecule has 0 aromatic carbocycles. The normalized spacial score (nSPS) is 2.50. The van der Waals surface area contributed by atoms with Crippen LogP contribution in [0.1, 0.15) is 0 Å². The Balaban J connectivity index is 0. The van der Waals surface area contributed by atoms with Gasteiger partial charge in [-0.25, -0.2) is 0 Å². The summed E-state index contributed by atoms with van der Waals surface area (Å²) in [6.45, 7) is 0. The van der Waals surface area contributed by atoms with E-state index in [0.29, 0.717) is 0 Å². The summed E-state index contributed by atoms with van der Waals surface area (Å²) in [5.41, 5.74) is 0. The maximum atomic E-state index is 8.51. The zero-order valence-electron chi connectivity index (χ0n) is 1.22. The van der Waals surface area contributed by atoms with Gasteiger partial charge in [-0.15, -0.1) is 0 Å². The molecule has 0 aliphatic rings. The molecule has 24 valence electrons. The Morgan fingerprint density at radius 3 is 1.75 bits per heavy atom. The Kier molecular flexibility index (Phi) is 20.2. The molecule has 0 radical (unpaired) electrons. The molecule has 0 aromatic heterocycles. The Bertz CT molecular complexity index is 29.0. The topological polar surface area (TPSA) is 17.1 Å². The van der Waals surface area contributed by atoms with E-state index in [1.54, 1.807) is 0 Å². The van der Waals surface area contributed by atoms with E-state index in [1.165, 1.54) is 0 Å². The van der Waals surface area contributed by atoms with Gasteiger partial charge in [0.2, 0.25) is 0 Å². The third kappa shape index (κ3) is 9.42. The zero-order chi connectivity index (χ0) is 2.71. The monoisotopic (exact) mass is 226 g/mol. The Labute approximate surface area is 72.1 Å². The van der Waals surface area contributed by atoms with Crippen LogP contribution < -0.4 is 0 Å². The van der Waals surface area contributed by atoms with Crippen molar-refractivity contribution in [1.29, 1.82) is 0 Å². The molecular formula is CH2BaNiO. The standard InChI is InChI=1S/CO.Ba.Ni.2H/c1-2;;;;. The van der Waals surface area contributed by atoms with Gasteiger partial charge in [0.15, 0.2) is 0 Å². The van der Waals surface area contributed by atoms with Crippen LogP contribution in [0.5, 0.6) is 0 Å². The van der Waals surface area contributed by atoms with E-state index >= 15 is 0 Å². The van der Waals surface area contributed by atoms with E-state index in [1.807, 2.05) is 0 Å². The molecule has 0 bridgehead atoms. The summed E-state index contributed by atoms with van der Waals surface area (Å²) in [5.74, 6) is 0. The van der Waals surface area contributed by atoms with Crippen LogP contribution in [0.4, 0.5) is 0 Å². The molecule has 1 nitrogen and oxygen atoms in total. The van der Waals surface area contributed by atoms with Crippen molar-refractivity contribution in [2.45, 2.75) is 0 Å². The fraction of sp³-hybridized carbons (Fsp3) is 0. The van der Waals surface area contributed by atoms with Gasteiger partial charge in [-0.1, -0.05) is 0 Å². The average Bonchev–Trinajstić information content (AvgIpc) is 0.918. The van der Waals surface area contributed by atoms with Gasteiger partial charge in [0.05, 0.1) is 0 Å². The van der Waals surface area contributed by atoms with Crippen molar-refractivity contribution >= 4 is 53.7 Å². The van der Waals surface area contributed by atoms with E-state index in [4.69, 9.17) is 4.79 Å². The van der Waals surface area contributed by atoms with E-state index in [-0.39, 0.29) is 48.9 Å². The van der Waals surface area contributed by atoms with Crippen molar-refractivity contribution in [1.82, 2.24) is 0 Å². The Morgan fingerprint density at radius 1 is 1.75 bits per heavy atom. The van der Waals surface area contributed by atoms with Gasteiger partial charge in [0.1, 0.15) is 0 Å². The Hall–Kier alpha value is 1.64. The molecule has 0 unspecified atom stereocenters. The summed E-state index contributed by atoms with van der Waals surface area (Å²) < 4.78 is 0. The van der Waals surface area contributed by atoms with E-state index < -0.39 is 0 Å². The van der Waals surface area contributed by atoms with Crippen LogP contribution in [-0.2, 0) is 19.8 Å². The van der Waals surface area contributed by atoms with Crippen LogP contribution in [0.15, 0.2) is 0 Å². The molecule has 0 spiro atoms. The second-order valence-electron chi connectivity index (χ2n) is 0.0645. The molecular weight excluding hydrogens is 224 g/mol. The first-order valence-electron chi connectivity index (χ1n) is 0.362. The van der Waals surface area contributed by atoms with Crippen LogP contribution in [-0.4, -0.2) is 53.7 Å². The third-order valence-corrected chi connectivity index (χ3v) is 0. The number of carbonyl (C=O) groups excluding carboxylic acids is 1. The Morgan fingerprint density at radius 2 is 1.75 bits per heavy atom. The van der Waals surface area contributed by atoms with Crippen molar-refractivity contribution in [3.05, 3.63) is 0 Å². The van der Waals surface area contributed by atoms with Crippen LogP contribution in [0, 0.1) is 0 Å². The van der Waals surface area contributed by atoms with Gasteiger partial charge >= 0.3 is 73.6 Å². The number of hydrogen-bond acceptors (Lipinski definition) is 1. The molecule has 0 amide bonds. The van der Waals surface area contributed by atoms with E-state index in [9.17, 15) is 0 Å². The number of hydrogen-bond donors (Lipinski definition) is 0. The fourth-order valence-electron chi connectivity index (χ4n) is 0. The first-order valence-corrected chi connectivity index (χ1v) is 0.856. The van der Waals surface area contributed by atoms with Crippen LogP contribution in [0.2, 0.25) is 0 Å². The minimum absolute atomic E-state index is 0. The summed E-state index contributed by atoms with van der Waals surface area (Å²) in [6, 6.07) is 0. The first-order chi connectivity index (χ1) is 1.41. The van der Waals surface area contributed by atoms with E-state index in [0.717, 1.165) is 4.86 Å². The van der Waals surface area contributed by atoms with Gasteiger partial charge in [0, 0.05) is 0 Å². The summed E-state index contributed by atoms with van der Waals surface area (Å²) in [7, 11) is 0. The molecule has 0 saturated carbocycles. The quantitative estimate of drug-likeness (QED) is 0.468. The molecule has 3 heteroatoms. The van der Waals surface area contributed by atoms with Gasteiger partial charge in [-0.05, 0) is 0 Å².